The second kappa shape index (κ2) is 10.7. The summed E-state index contributed by atoms with van der Waals surface area (Å²) in [5, 5.41) is 4.27. The lowest BCUT2D eigenvalue weighted by Crippen LogP contribution is -2.56. The van der Waals surface area contributed by atoms with E-state index in [0.29, 0.717) is 21.7 Å². The number of carbonyl (C=O) groups is 2. The van der Waals surface area contributed by atoms with E-state index in [1.807, 2.05) is 24.3 Å². The van der Waals surface area contributed by atoms with Gasteiger partial charge in [-0.05, 0) is 92.3 Å². The highest BCUT2D eigenvalue weighted by Crippen LogP contribution is 2.50. The third-order valence-corrected chi connectivity index (χ3v) is 8.95. The van der Waals surface area contributed by atoms with Gasteiger partial charge in [-0.15, -0.1) is 0 Å². The van der Waals surface area contributed by atoms with E-state index in [4.69, 9.17) is 27.9 Å². The molecule has 0 aromatic heterocycles. The Morgan fingerprint density at radius 3 is 2.67 bits per heavy atom. The fourth-order valence-corrected chi connectivity index (χ4v) is 6.64. The van der Waals surface area contributed by atoms with Gasteiger partial charge in [-0.2, -0.15) is 0 Å². The highest BCUT2D eigenvalue weighted by molar-refractivity contribution is 6.42. The predicted octanol–water partition coefficient (Wildman–Crippen LogP) is 5.80. The molecule has 5 rings (SSSR count). The van der Waals surface area contributed by atoms with E-state index >= 15 is 0 Å². The Balaban J connectivity index is 1.34. The number of piperidine rings is 1. The summed E-state index contributed by atoms with van der Waals surface area (Å²) in [6.45, 7) is 4.81. The van der Waals surface area contributed by atoms with Crippen LogP contribution in [0.15, 0.2) is 42.5 Å². The van der Waals surface area contributed by atoms with Crippen molar-refractivity contribution in [2.45, 2.75) is 63.3 Å². The molecule has 3 atom stereocenters. The molecule has 192 valence electrons. The molecule has 3 aliphatic rings. The molecule has 1 N–H and O–H groups in total. The largest absolute Gasteiger partial charge is 0.427 e. The molecule has 2 aliphatic carbocycles. The number of likely N-dealkylation sites (tertiary alicyclic amines) is 1. The summed E-state index contributed by atoms with van der Waals surface area (Å²) in [6, 6.07) is 13.5. The van der Waals surface area contributed by atoms with E-state index in [9.17, 15) is 9.59 Å². The Morgan fingerprint density at radius 2 is 1.92 bits per heavy atom. The second-order valence-corrected chi connectivity index (χ2v) is 11.7. The zero-order valence-electron chi connectivity index (χ0n) is 20.8. The number of ether oxygens (including phenoxy) is 1. The van der Waals surface area contributed by atoms with Crippen molar-refractivity contribution in [2.75, 3.05) is 19.6 Å². The molecule has 0 radical (unpaired) electrons. The standard InChI is InChI=1S/C29H34Cl2N2O3/c1-19(34)36-25-4-2-3-22(15-25)29-11-12-33(17-20-5-6-20)18-23(29)8-9-24(16-29)32-28(35)14-21-7-10-26(30)27(31)13-21/h2-4,7,10,13,15,20,23-24H,5-6,8-9,11-12,14,16-18H2,1H3,(H,32,35). The Morgan fingerprint density at radius 1 is 1.08 bits per heavy atom. The number of nitrogens with one attached hydrogen (secondary N) is 1. The predicted molar refractivity (Wildman–Crippen MR) is 143 cm³/mol. The van der Waals surface area contributed by atoms with Gasteiger partial charge in [0.05, 0.1) is 16.5 Å². The number of carbonyl (C=O) groups excluding carboxylic acids is 2. The molecule has 3 unspecified atom stereocenters. The molecule has 2 aromatic carbocycles. The monoisotopic (exact) mass is 528 g/mol. The minimum atomic E-state index is -0.309. The summed E-state index contributed by atoms with van der Waals surface area (Å²) in [7, 11) is 0. The molecule has 2 saturated carbocycles. The van der Waals surface area contributed by atoms with Gasteiger partial charge in [-0.25, -0.2) is 0 Å². The van der Waals surface area contributed by atoms with Crippen LogP contribution in [-0.4, -0.2) is 42.5 Å². The summed E-state index contributed by atoms with van der Waals surface area (Å²) in [5.74, 6) is 1.69. The first-order valence-electron chi connectivity index (χ1n) is 13.1. The van der Waals surface area contributed by atoms with Crippen LogP contribution in [0.5, 0.6) is 5.75 Å². The number of amides is 1. The molecule has 0 spiro atoms. The Labute approximate surface area is 223 Å². The highest BCUT2D eigenvalue weighted by atomic mass is 35.5. The van der Waals surface area contributed by atoms with Crippen molar-refractivity contribution in [3.8, 4) is 5.75 Å². The van der Waals surface area contributed by atoms with Crippen molar-refractivity contribution in [2.24, 2.45) is 11.8 Å². The molecule has 5 nitrogen and oxygen atoms in total. The van der Waals surface area contributed by atoms with Crippen LogP contribution in [0.1, 0.15) is 56.6 Å². The molecular formula is C29H34Cl2N2O3. The average molecular weight is 530 g/mol. The Kier molecular flexibility index (Phi) is 7.62. The summed E-state index contributed by atoms with van der Waals surface area (Å²) in [6.07, 6.45) is 6.99. The van der Waals surface area contributed by atoms with Crippen LogP contribution in [-0.2, 0) is 21.4 Å². The smallest absolute Gasteiger partial charge is 0.308 e. The van der Waals surface area contributed by atoms with Gasteiger partial charge in [0.15, 0.2) is 0 Å². The molecule has 2 aromatic rings. The topological polar surface area (TPSA) is 58.6 Å². The Bertz CT molecular complexity index is 1140. The van der Waals surface area contributed by atoms with Gasteiger partial charge < -0.3 is 15.0 Å². The molecule has 1 amide bonds. The van der Waals surface area contributed by atoms with Gasteiger partial charge in [0.1, 0.15) is 5.75 Å². The molecule has 3 fully saturated rings. The number of hydrogen-bond donors (Lipinski definition) is 1. The molecule has 0 bridgehead atoms. The van der Waals surface area contributed by atoms with Crippen LogP contribution in [0.4, 0.5) is 0 Å². The SMILES string of the molecule is CC(=O)Oc1cccc(C23CCN(CC4CC4)CC2CCC(NC(=O)Cc2ccc(Cl)c(Cl)c2)C3)c1. The fourth-order valence-electron chi connectivity index (χ4n) is 6.32. The van der Waals surface area contributed by atoms with Crippen LogP contribution in [0.25, 0.3) is 0 Å². The number of rotatable bonds is 7. The van der Waals surface area contributed by atoms with Crippen LogP contribution in [0.3, 0.4) is 0 Å². The molecule has 1 heterocycles. The lowest BCUT2D eigenvalue weighted by atomic mass is 9.58. The van der Waals surface area contributed by atoms with Gasteiger partial charge in [0.2, 0.25) is 5.91 Å². The Hall–Kier alpha value is -2.08. The number of halogens is 2. The van der Waals surface area contributed by atoms with Crippen LogP contribution >= 0.6 is 23.2 Å². The maximum absolute atomic E-state index is 13.0. The molecule has 7 heteroatoms. The summed E-state index contributed by atoms with van der Waals surface area (Å²) < 4.78 is 5.44. The summed E-state index contributed by atoms with van der Waals surface area (Å²) in [4.78, 5) is 27.2. The van der Waals surface area contributed by atoms with E-state index < -0.39 is 0 Å². The number of nitrogens with zero attached hydrogens (tertiary/aromatic N) is 1. The van der Waals surface area contributed by atoms with Crippen molar-refractivity contribution in [3.63, 3.8) is 0 Å². The van der Waals surface area contributed by atoms with Gasteiger partial charge in [0, 0.05) is 31.5 Å². The third-order valence-electron chi connectivity index (χ3n) is 8.21. The zero-order valence-corrected chi connectivity index (χ0v) is 22.3. The maximum atomic E-state index is 13.0. The average Bonchev–Trinajstić information content (AvgIpc) is 3.65. The van der Waals surface area contributed by atoms with Gasteiger partial charge in [-0.1, -0.05) is 41.4 Å². The number of hydrogen-bond acceptors (Lipinski definition) is 4. The molecule has 36 heavy (non-hydrogen) atoms. The van der Waals surface area contributed by atoms with Crippen LogP contribution < -0.4 is 10.1 Å². The lowest BCUT2D eigenvalue weighted by Gasteiger charge is -2.53. The zero-order chi connectivity index (χ0) is 25.3. The van der Waals surface area contributed by atoms with Crippen molar-refractivity contribution in [1.29, 1.82) is 0 Å². The quantitative estimate of drug-likeness (QED) is 0.364. The first-order chi connectivity index (χ1) is 17.3. The first-order valence-corrected chi connectivity index (χ1v) is 13.8. The van der Waals surface area contributed by atoms with Crippen LogP contribution in [0.2, 0.25) is 10.0 Å². The molecule has 1 saturated heterocycles. The van der Waals surface area contributed by atoms with E-state index in [1.54, 1.807) is 12.1 Å². The van der Waals surface area contributed by atoms with Crippen molar-refractivity contribution in [1.82, 2.24) is 10.2 Å². The van der Waals surface area contributed by atoms with Crippen molar-refractivity contribution in [3.05, 3.63) is 63.6 Å². The van der Waals surface area contributed by atoms with Crippen molar-refractivity contribution >= 4 is 35.1 Å². The number of fused-ring (bicyclic) bond motifs is 1. The third kappa shape index (κ3) is 5.90. The normalized spacial score (nSPS) is 26.2. The second-order valence-electron chi connectivity index (χ2n) is 10.9. The summed E-state index contributed by atoms with van der Waals surface area (Å²) >= 11 is 12.2. The van der Waals surface area contributed by atoms with Gasteiger partial charge in [0.25, 0.3) is 0 Å². The highest BCUT2D eigenvalue weighted by Gasteiger charge is 2.48. The maximum Gasteiger partial charge on any atom is 0.308 e. The first kappa shape index (κ1) is 25.6. The van der Waals surface area contributed by atoms with Crippen molar-refractivity contribution < 1.29 is 14.3 Å². The molecule has 1 aliphatic heterocycles. The van der Waals surface area contributed by atoms with Crippen LogP contribution in [0, 0.1) is 11.8 Å². The minimum absolute atomic E-state index is 0.00632. The fraction of sp³-hybridized carbons (Fsp3) is 0.517. The lowest BCUT2D eigenvalue weighted by molar-refractivity contribution is -0.132. The van der Waals surface area contributed by atoms with Gasteiger partial charge >= 0.3 is 5.97 Å². The van der Waals surface area contributed by atoms with Gasteiger partial charge in [-0.3, -0.25) is 9.59 Å². The van der Waals surface area contributed by atoms with E-state index in [1.165, 1.54) is 31.9 Å². The number of esters is 1. The van der Waals surface area contributed by atoms with E-state index in [2.05, 4.69) is 16.3 Å². The minimum Gasteiger partial charge on any atom is -0.427 e. The summed E-state index contributed by atoms with van der Waals surface area (Å²) in [5.41, 5.74) is 2.03. The van der Waals surface area contributed by atoms with E-state index in [-0.39, 0.29) is 29.8 Å². The van der Waals surface area contributed by atoms with E-state index in [0.717, 1.165) is 50.3 Å². The number of benzene rings is 2. The molecular weight excluding hydrogens is 495 g/mol.